The molecular weight excluding hydrogens is 378 g/mol. The molecule has 3 rings (SSSR count). The molecule has 0 saturated heterocycles. The summed E-state index contributed by atoms with van der Waals surface area (Å²) in [7, 11) is 0. The second-order valence-corrected chi connectivity index (χ2v) is 9.96. The summed E-state index contributed by atoms with van der Waals surface area (Å²) >= 11 is 5.91. The fraction of sp³-hybridized carbons (Fsp3) is 0.538. The maximum Gasteiger partial charge on any atom is 0.150 e. The van der Waals surface area contributed by atoms with Crippen LogP contribution in [0.15, 0.2) is 24.3 Å². The minimum atomic E-state index is 0.337. The van der Waals surface area contributed by atoms with Crippen molar-refractivity contribution in [1.82, 2.24) is 0 Å². The van der Waals surface area contributed by atoms with Gasteiger partial charge in [0, 0.05) is 17.8 Å². The van der Waals surface area contributed by atoms with Crippen molar-refractivity contribution < 1.29 is 4.29 Å². The number of benzene rings is 2. The molecule has 0 saturated carbocycles. The molecule has 2 aromatic carbocycles. The summed E-state index contributed by atoms with van der Waals surface area (Å²) in [4.78, 5) is 0. The van der Waals surface area contributed by atoms with E-state index < -0.39 is 0 Å². The molecule has 1 unspecified atom stereocenters. The lowest BCUT2D eigenvalue weighted by atomic mass is 9.75. The van der Waals surface area contributed by atoms with Gasteiger partial charge in [0.15, 0.2) is 0 Å². The van der Waals surface area contributed by atoms with Crippen molar-refractivity contribution in [2.24, 2.45) is 5.41 Å². The number of anilines is 1. The van der Waals surface area contributed by atoms with E-state index in [1.54, 1.807) is 0 Å². The first-order valence-corrected chi connectivity index (χ1v) is 11.3. The Bertz CT molecular complexity index is 866. The molecule has 0 fully saturated rings. The molecule has 1 aliphatic rings. The Morgan fingerprint density at radius 2 is 1.86 bits per heavy atom. The van der Waals surface area contributed by atoms with E-state index in [0.29, 0.717) is 11.3 Å². The van der Waals surface area contributed by atoms with E-state index in [1.165, 1.54) is 51.9 Å². The Balaban J connectivity index is 1.93. The van der Waals surface area contributed by atoms with Crippen LogP contribution < -0.4 is 9.61 Å². The zero-order valence-electron chi connectivity index (χ0n) is 18.9. The van der Waals surface area contributed by atoms with Gasteiger partial charge in [0.2, 0.25) is 0 Å². The zero-order chi connectivity index (χ0) is 21.2. The van der Waals surface area contributed by atoms with Crippen LogP contribution in [0, 0.1) is 19.3 Å². The number of fused-ring (bicyclic) bond motifs is 1. The molecule has 0 bridgehead atoms. The van der Waals surface area contributed by atoms with Gasteiger partial charge in [-0.15, -0.1) is 0 Å². The number of hydrogen-bond donors (Lipinski definition) is 1. The molecule has 1 atom stereocenters. The largest absolute Gasteiger partial charge is 0.385 e. The van der Waals surface area contributed by atoms with Gasteiger partial charge in [-0.1, -0.05) is 26.8 Å². The van der Waals surface area contributed by atoms with Gasteiger partial charge in [-0.2, -0.15) is 0 Å². The third kappa shape index (κ3) is 5.09. The van der Waals surface area contributed by atoms with Crippen molar-refractivity contribution in [3.63, 3.8) is 0 Å². The number of hydrogen-bond acceptors (Lipinski definition) is 2. The molecule has 0 spiro atoms. The SMILES string of the molecule is CCNc1ccc(C2CCc3c(CCC(C)(C)C)c(C)cc(OCl)c3C2)c(C)c1. The predicted octanol–water partition coefficient (Wildman–Crippen LogP) is 7.52. The Hall–Kier alpha value is -1.67. The van der Waals surface area contributed by atoms with Crippen LogP contribution in [0.1, 0.15) is 79.8 Å². The van der Waals surface area contributed by atoms with Crippen LogP contribution in [-0.4, -0.2) is 6.54 Å². The number of rotatable bonds is 6. The van der Waals surface area contributed by atoms with E-state index in [9.17, 15) is 0 Å². The monoisotopic (exact) mass is 413 g/mol. The van der Waals surface area contributed by atoms with Crippen molar-refractivity contribution in [2.75, 3.05) is 11.9 Å². The molecule has 1 N–H and O–H groups in total. The van der Waals surface area contributed by atoms with Crippen molar-refractivity contribution in [1.29, 1.82) is 0 Å². The van der Waals surface area contributed by atoms with Crippen molar-refractivity contribution >= 4 is 17.6 Å². The summed E-state index contributed by atoms with van der Waals surface area (Å²) in [6.45, 7) is 14.5. The molecule has 0 amide bonds. The first-order valence-electron chi connectivity index (χ1n) is 11.0. The van der Waals surface area contributed by atoms with E-state index in [0.717, 1.165) is 31.6 Å². The topological polar surface area (TPSA) is 21.3 Å². The molecule has 2 nitrogen and oxygen atoms in total. The number of nitrogens with one attached hydrogen (secondary N) is 1. The van der Waals surface area contributed by atoms with Crippen LogP contribution >= 0.6 is 11.9 Å². The predicted molar refractivity (Wildman–Crippen MR) is 126 cm³/mol. The van der Waals surface area contributed by atoms with Crippen molar-refractivity contribution in [2.45, 2.75) is 79.6 Å². The van der Waals surface area contributed by atoms with Crippen LogP contribution in [0.3, 0.4) is 0 Å². The summed E-state index contributed by atoms with van der Waals surface area (Å²) in [5.74, 6) is 1.37. The molecule has 0 aromatic heterocycles. The molecule has 0 heterocycles. The maximum absolute atomic E-state index is 5.91. The van der Waals surface area contributed by atoms with Gasteiger partial charge in [0.05, 0.1) is 0 Å². The Morgan fingerprint density at radius 3 is 2.48 bits per heavy atom. The summed E-state index contributed by atoms with van der Waals surface area (Å²) in [5, 5.41) is 3.41. The fourth-order valence-corrected chi connectivity index (χ4v) is 4.90. The van der Waals surface area contributed by atoms with Crippen LogP contribution in [0.25, 0.3) is 0 Å². The van der Waals surface area contributed by atoms with Crippen molar-refractivity contribution in [3.05, 3.63) is 57.6 Å². The third-order valence-electron chi connectivity index (χ3n) is 6.34. The molecular formula is C26H36ClNO. The average Bonchev–Trinajstić information content (AvgIpc) is 2.66. The lowest BCUT2D eigenvalue weighted by Gasteiger charge is -2.30. The quantitative estimate of drug-likeness (QED) is 0.528. The highest BCUT2D eigenvalue weighted by atomic mass is 35.5. The normalized spacial score (nSPS) is 16.4. The van der Waals surface area contributed by atoms with Crippen LogP contribution in [0.5, 0.6) is 5.75 Å². The van der Waals surface area contributed by atoms with Gasteiger partial charge < -0.3 is 9.61 Å². The van der Waals surface area contributed by atoms with Gasteiger partial charge in [-0.25, -0.2) is 0 Å². The first kappa shape index (κ1) is 22.0. The van der Waals surface area contributed by atoms with Crippen molar-refractivity contribution in [3.8, 4) is 5.75 Å². The van der Waals surface area contributed by atoms with Gasteiger partial charge >= 0.3 is 0 Å². The molecule has 2 aromatic rings. The van der Waals surface area contributed by atoms with Gasteiger partial charge in [-0.05, 0) is 110 Å². The number of aryl methyl sites for hydroxylation is 2. The highest BCUT2D eigenvalue weighted by Crippen LogP contribution is 2.42. The standard InChI is InChI=1S/C26H36ClNO/c1-7-28-20-9-11-21(17(2)14-20)19-8-10-23-22(12-13-26(4,5)6)18(3)15-25(29-27)24(23)16-19/h9,11,14-15,19,28H,7-8,10,12-13,16H2,1-6H3. The van der Waals surface area contributed by atoms with E-state index in [4.69, 9.17) is 16.2 Å². The number of halogens is 1. The zero-order valence-corrected chi connectivity index (χ0v) is 19.7. The Kier molecular flexibility index (Phi) is 6.83. The molecule has 0 aliphatic heterocycles. The Labute approximate surface area is 182 Å². The maximum atomic E-state index is 5.91. The molecule has 1 aliphatic carbocycles. The summed E-state index contributed by atoms with van der Waals surface area (Å²) in [6.07, 6.45) is 5.60. The minimum Gasteiger partial charge on any atom is -0.385 e. The van der Waals surface area contributed by atoms with Gasteiger partial charge in [0.1, 0.15) is 17.6 Å². The van der Waals surface area contributed by atoms with Crippen LogP contribution in [0.4, 0.5) is 5.69 Å². The second-order valence-electron chi connectivity index (χ2n) is 9.81. The molecule has 29 heavy (non-hydrogen) atoms. The molecule has 158 valence electrons. The smallest absolute Gasteiger partial charge is 0.150 e. The lowest BCUT2D eigenvalue weighted by Crippen LogP contribution is -2.18. The van der Waals surface area contributed by atoms with Gasteiger partial charge in [-0.3, -0.25) is 0 Å². The Morgan fingerprint density at radius 1 is 1.10 bits per heavy atom. The molecule has 3 heteroatoms. The van der Waals surface area contributed by atoms with E-state index in [2.05, 4.69) is 71.1 Å². The third-order valence-corrected chi connectivity index (χ3v) is 6.51. The summed E-state index contributed by atoms with van der Waals surface area (Å²) in [5.41, 5.74) is 10.0. The van der Waals surface area contributed by atoms with E-state index >= 15 is 0 Å². The fourth-order valence-electron chi connectivity index (χ4n) is 4.76. The highest BCUT2D eigenvalue weighted by molar-refractivity contribution is 6.09. The average molecular weight is 414 g/mol. The minimum absolute atomic E-state index is 0.337. The molecule has 0 radical (unpaired) electrons. The first-order chi connectivity index (χ1) is 13.7. The van der Waals surface area contributed by atoms with E-state index in [-0.39, 0.29) is 0 Å². The second kappa shape index (κ2) is 9.00. The summed E-state index contributed by atoms with van der Waals surface area (Å²) in [6, 6.07) is 8.94. The van der Waals surface area contributed by atoms with Gasteiger partial charge in [0.25, 0.3) is 0 Å². The summed E-state index contributed by atoms with van der Waals surface area (Å²) < 4.78 is 5.32. The van der Waals surface area contributed by atoms with Crippen LogP contribution in [-0.2, 0) is 19.3 Å². The highest BCUT2D eigenvalue weighted by Gasteiger charge is 2.28. The van der Waals surface area contributed by atoms with E-state index in [1.807, 2.05) is 0 Å². The lowest BCUT2D eigenvalue weighted by molar-refractivity contribution is 0.377. The van der Waals surface area contributed by atoms with Crippen LogP contribution in [0.2, 0.25) is 0 Å².